The van der Waals surface area contributed by atoms with Crippen LogP contribution in [0.1, 0.15) is 5.56 Å². The monoisotopic (exact) mass is 298 g/mol. The molecule has 2 rings (SSSR count). The van der Waals surface area contributed by atoms with Crippen LogP contribution in [0, 0.1) is 0 Å². The first-order chi connectivity index (χ1) is 9.18. The van der Waals surface area contributed by atoms with Crippen molar-refractivity contribution in [2.24, 2.45) is 0 Å². The number of benzene rings is 2. The van der Waals surface area contributed by atoms with Gasteiger partial charge in [-0.2, -0.15) is 0 Å². The van der Waals surface area contributed by atoms with Crippen LogP contribution < -0.4 is 0 Å². The van der Waals surface area contributed by atoms with Gasteiger partial charge >= 0.3 is 0 Å². The van der Waals surface area contributed by atoms with Gasteiger partial charge in [-0.05, 0) is 22.4 Å². The second-order valence-electron chi connectivity index (χ2n) is 7.66. The SMILES string of the molecule is C[Si](C)(C)C(=Cc1ccc2ccccc2c1)[Si](C)(C)C. The van der Waals surface area contributed by atoms with Gasteiger partial charge in [-0.15, -0.1) is 0 Å². The molecule has 20 heavy (non-hydrogen) atoms. The molecule has 0 amide bonds. The minimum Gasteiger partial charge on any atom is -0.0906 e. The predicted molar refractivity (Wildman–Crippen MR) is 98.6 cm³/mol. The smallest absolute Gasteiger partial charge is 0.0682 e. The Morgan fingerprint density at radius 1 is 0.750 bits per heavy atom. The molecule has 2 aromatic carbocycles. The Kier molecular flexibility index (Phi) is 4.08. The lowest BCUT2D eigenvalue weighted by molar-refractivity contribution is 1.63. The Morgan fingerprint density at radius 3 is 1.85 bits per heavy atom. The van der Waals surface area contributed by atoms with E-state index in [4.69, 9.17) is 0 Å². The van der Waals surface area contributed by atoms with Gasteiger partial charge in [-0.1, -0.05) is 86.6 Å². The number of rotatable bonds is 3. The average Bonchev–Trinajstić information content (AvgIpc) is 2.33. The van der Waals surface area contributed by atoms with Gasteiger partial charge in [-0.25, -0.2) is 0 Å². The van der Waals surface area contributed by atoms with Crippen LogP contribution in [0.25, 0.3) is 16.8 Å². The van der Waals surface area contributed by atoms with Gasteiger partial charge in [0.2, 0.25) is 0 Å². The largest absolute Gasteiger partial charge is 0.0906 e. The number of hydrogen-bond acceptors (Lipinski definition) is 0. The van der Waals surface area contributed by atoms with Crippen LogP contribution in [0.2, 0.25) is 39.3 Å². The second kappa shape index (κ2) is 5.34. The molecular weight excluding hydrogens is 272 g/mol. The molecular formula is C18H26Si2. The van der Waals surface area contributed by atoms with Gasteiger partial charge in [-0.3, -0.25) is 0 Å². The average molecular weight is 299 g/mol. The molecule has 0 unspecified atom stereocenters. The molecule has 0 aliphatic rings. The zero-order valence-electron chi connectivity index (χ0n) is 13.6. The standard InChI is InChI=1S/C18H26Si2/c1-19(2,3)18(20(4,5)6)14-15-11-12-16-9-7-8-10-17(16)13-15/h7-14H,1-6H3. The first-order valence-electron chi connectivity index (χ1n) is 7.39. The molecule has 0 aromatic heterocycles. The highest BCUT2D eigenvalue weighted by molar-refractivity contribution is 7.05. The van der Waals surface area contributed by atoms with Crippen molar-refractivity contribution in [3.63, 3.8) is 0 Å². The van der Waals surface area contributed by atoms with E-state index in [1.807, 2.05) is 0 Å². The van der Waals surface area contributed by atoms with E-state index in [-0.39, 0.29) is 0 Å². The summed E-state index contributed by atoms with van der Waals surface area (Å²) in [5.74, 6) is 0. The second-order valence-corrected chi connectivity index (χ2v) is 18.2. The molecule has 0 saturated carbocycles. The van der Waals surface area contributed by atoms with E-state index in [9.17, 15) is 0 Å². The third-order valence-corrected chi connectivity index (χ3v) is 11.7. The number of fused-ring (bicyclic) bond motifs is 1. The minimum absolute atomic E-state index is 1.25. The Labute approximate surface area is 125 Å². The van der Waals surface area contributed by atoms with E-state index < -0.39 is 16.1 Å². The van der Waals surface area contributed by atoms with Gasteiger partial charge in [0.05, 0.1) is 16.1 Å². The Morgan fingerprint density at radius 2 is 1.30 bits per heavy atom. The maximum atomic E-state index is 2.49. The van der Waals surface area contributed by atoms with Crippen molar-refractivity contribution in [2.75, 3.05) is 0 Å². The molecule has 106 valence electrons. The lowest BCUT2D eigenvalue weighted by Crippen LogP contribution is -2.39. The molecule has 2 aromatic rings. The van der Waals surface area contributed by atoms with Crippen molar-refractivity contribution in [2.45, 2.75) is 39.3 Å². The molecule has 0 bridgehead atoms. The fraction of sp³-hybridized carbons (Fsp3) is 0.333. The normalized spacial score (nSPS) is 12.5. The fourth-order valence-electron chi connectivity index (χ4n) is 3.02. The molecule has 0 atom stereocenters. The van der Waals surface area contributed by atoms with Crippen LogP contribution in [-0.4, -0.2) is 16.1 Å². The Hall–Kier alpha value is -1.13. The lowest BCUT2D eigenvalue weighted by Gasteiger charge is -2.31. The van der Waals surface area contributed by atoms with Crippen LogP contribution in [-0.2, 0) is 0 Å². The summed E-state index contributed by atoms with van der Waals surface area (Å²) in [4.78, 5) is 1.76. The molecule has 0 radical (unpaired) electrons. The predicted octanol–water partition coefficient (Wildman–Crippen LogP) is 5.98. The maximum Gasteiger partial charge on any atom is 0.0682 e. The summed E-state index contributed by atoms with van der Waals surface area (Å²) in [5, 5.41) is 2.67. The summed E-state index contributed by atoms with van der Waals surface area (Å²) >= 11 is 0. The molecule has 2 heteroatoms. The fourth-order valence-corrected chi connectivity index (χ4v) is 13.2. The van der Waals surface area contributed by atoms with E-state index in [1.54, 1.807) is 4.82 Å². The van der Waals surface area contributed by atoms with Crippen molar-refractivity contribution >= 4 is 33.0 Å². The molecule has 0 aliphatic carbocycles. The van der Waals surface area contributed by atoms with Gasteiger partial charge in [0.25, 0.3) is 0 Å². The summed E-state index contributed by atoms with van der Waals surface area (Å²) in [6.07, 6.45) is 2.49. The van der Waals surface area contributed by atoms with E-state index in [2.05, 4.69) is 87.8 Å². The van der Waals surface area contributed by atoms with Crippen LogP contribution >= 0.6 is 0 Å². The minimum atomic E-state index is -1.25. The van der Waals surface area contributed by atoms with Crippen LogP contribution in [0.5, 0.6) is 0 Å². The molecule has 0 aliphatic heterocycles. The summed E-state index contributed by atoms with van der Waals surface area (Å²) in [5.41, 5.74) is 1.36. The van der Waals surface area contributed by atoms with Crippen molar-refractivity contribution < 1.29 is 0 Å². The van der Waals surface area contributed by atoms with Gasteiger partial charge in [0, 0.05) is 0 Å². The summed E-state index contributed by atoms with van der Waals surface area (Å²) in [6, 6.07) is 15.4. The quantitative estimate of drug-likeness (QED) is 0.612. The first-order valence-corrected chi connectivity index (χ1v) is 14.4. The molecule has 0 saturated heterocycles. The zero-order chi connectivity index (χ0) is 15.0. The van der Waals surface area contributed by atoms with E-state index in [0.717, 1.165) is 0 Å². The lowest BCUT2D eigenvalue weighted by atomic mass is 10.1. The van der Waals surface area contributed by atoms with Crippen molar-refractivity contribution in [3.8, 4) is 0 Å². The van der Waals surface area contributed by atoms with E-state index in [1.165, 1.54) is 16.3 Å². The molecule has 0 spiro atoms. The van der Waals surface area contributed by atoms with Gasteiger partial charge in [0.15, 0.2) is 0 Å². The molecule has 0 nitrogen and oxygen atoms in total. The van der Waals surface area contributed by atoms with Crippen molar-refractivity contribution in [3.05, 3.63) is 52.8 Å². The third kappa shape index (κ3) is 3.50. The number of hydrogen-bond donors (Lipinski definition) is 0. The zero-order valence-corrected chi connectivity index (χ0v) is 15.6. The first kappa shape index (κ1) is 15.3. The highest BCUT2D eigenvalue weighted by Gasteiger charge is 2.30. The van der Waals surface area contributed by atoms with Crippen LogP contribution in [0.15, 0.2) is 47.3 Å². The van der Waals surface area contributed by atoms with Gasteiger partial charge in [0.1, 0.15) is 0 Å². The van der Waals surface area contributed by atoms with Crippen molar-refractivity contribution in [1.29, 1.82) is 0 Å². The van der Waals surface area contributed by atoms with Crippen LogP contribution in [0.3, 0.4) is 0 Å². The van der Waals surface area contributed by atoms with E-state index in [0.29, 0.717) is 0 Å². The highest BCUT2D eigenvalue weighted by atomic mass is 28.4. The topological polar surface area (TPSA) is 0 Å². The van der Waals surface area contributed by atoms with Crippen LogP contribution in [0.4, 0.5) is 0 Å². The summed E-state index contributed by atoms with van der Waals surface area (Å²) in [6.45, 7) is 14.8. The Balaban J connectivity index is 2.54. The maximum absolute atomic E-state index is 2.49. The molecule has 0 fully saturated rings. The van der Waals surface area contributed by atoms with Gasteiger partial charge < -0.3 is 0 Å². The summed E-state index contributed by atoms with van der Waals surface area (Å²) in [7, 11) is -2.50. The molecule has 0 N–H and O–H groups in total. The third-order valence-electron chi connectivity index (χ3n) is 3.70. The van der Waals surface area contributed by atoms with E-state index >= 15 is 0 Å². The highest BCUT2D eigenvalue weighted by Crippen LogP contribution is 2.28. The summed E-state index contributed by atoms with van der Waals surface area (Å²) < 4.78 is 0. The Bertz CT molecular complexity index is 624. The van der Waals surface area contributed by atoms with Crippen molar-refractivity contribution in [1.82, 2.24) is 0 Å². The molecule has 0 heterocycles.